The number of nitrogens with one attached hydrogen (secondary N) is 3. The molecule has 5 fully saturated rings. The van der Waals surface area contributed by atoms with Crippen molar-refractivity contribution in [2.45, 2.75) is 63.9 Å². The summed E-state index contributed by atoms with van der Waals surface area (Å²) in [6, 6.07) is 19.7. The number of nitrogens with zero attached hydrogens (tertiary/aromatic N) is 3. The van der Waals surface area contributed by atoms with E-state index in [-0.39, 0.29) is 21.8 Å². The summed E-state index contributed by atoms with van der Waals surface area (Å²) in [4.78, 5) is 28.6. The highest BCUT2D eigenvalue weighted by Gasteiger charge is 2.56. The largest absolute Gasteiger partial charge is 0.382 e. The molecule has 12 nitrogen and oxygen atoms in total. The minimum Gasteiger partial charge on any atom is -0.382 e. The van der Waals surface area contributed by atoms with Crippen molar-refractivity contribution in [2.24, 2.45) is 29.1 Å². The van der Waals surface area contributed by atoms with Gasteiger partial charge in [-0.3, -0.25) is 19.8 Å². The highest BCUT2D eigenvalue weighted by atomic mass is 32.2. The van der Waals surface area contributed by atoms with E-state index < -0.39 is 20.9 Å². The van der Waals surface area contributed by atoms with Gasteiger partial charge in [0.05, 0.1) is 9.82 Å². The molecule has 8 rings (SSSR count). The molecule has 5 aliphatic rings. The van der Waals surface area contributed by atoms with Crippen molar-refractivity contribution < 1.29 is 22.9 Å². The van der Waals surface area contributed by atoms with Crippen LogP contribution in [0.1, 0.15) is 62.4 Å². The van der Waals surface area contributed by atoms with Gasteiger partial charge in [0.15, 0.2) is 0 Å². The third-order valence-electron chi connectivity index (χ3n) is 12.6. The average Bonchev–Trinajstić information content (AvgIpc) is 3.15. The van der Waals surface area contributed by atoms with Crippen molar-refractivity contribution in [2.75, 3.05) is 61.5 Å². The summed E-state index contributed by atoms with van der Waals surface area (Å²) in [6.07, 6.45) is 4.31. The third kappa shape index (κ3) is 8.02. The van der Waals surface area contributed by atoms with Gasteiger partial charge in [-0.05, 0) is 103 Å². The lowest BCUT2D eigenvalue weighted by atomic mass is 9.45. The van der Waals surface area contributed by atoms with Crippen LogP contribution in [0.4, 0.5) is 22.7 Å². The molecule has 0 spiro atoms. The van der Waals surface area contributed by atoms with Crippen LogP contribution in [0.3, 0.4) is 0 Å². The van der Waals surface area contributed by atoms with E-state index in [0.29, 0.717) is 43.1 Å². The van der Waals surface area contributed by atoms with Gasteiger partial charge in [0.1, 0.15) is 5.69 Å². The van der Waals surface area contributed by atoms with E-state index in [1.807, 2.05) is 12.1 Å². The van der Waals surface area contributed by atoms with Crippen LogP contribution in [0.15, 0.2) is 71.6 Å². The van der Waals surface area contributed by atoms with E-state index >= 15 is 0 Å². The minimum atomic E-state index is -4.37. The number of rotatable bonds is 12. The first-order valence-electron chi connectivity index (χ1n) is 19.0. The molecule has 13 heteroatoms. The fraction of sp³-hybridized carbons (Fsp3) is 0.525. The summed E-state index contributed by atoms with van der Waals surface area (Å²) in [5.74, 6) is 1.76. The van der Waals surface area contributed by atoms with Gasteiger partial charge in [-0.1, -0.05) is 39.0 Å². The smallest absolute Gasteiger partial charge is 0.293 e. The third-order valence-corrected chi connectivity index (χ3v) is 13.9. The van der Waals surface area contributed by atoms with Crippen molar-refractivity contribution in [3.63, 3.8) is 0 Å². The standard InChI is InChI=1S/C40H52N6O6S/c1-27-34-22-31(40(34,2)3)23-37(27)42-35-7-5-4-6-30(35)26-44-16-18-45(19-17-44)32-10-8-29(9-11-32)39(47)43-53(50,51)33-12-13-36(38(24-33)46(48)49)41-25-28-14-20-52-21-15-28/h4-13,24,27-28,31,34,37,41-42H,14-23,25-26H2,1-3H3,(H,43,47)/t27-,31+,34+,37+/m0/s1. The number of hydrogen-bond acceptors (Lipinski definition) is 10. The Morgan fingerprint density at radius 3 is 2.36 bits per heavy atom. The van der Waals surface area contributed by atoms with Crippen molar-refractivity contribution in [3.05, 3.63) is 88.0 Å². The zero-order valence-electron chi connectivity index (χ0n) is 30.9. The fourth-order valence-corrected chi connectivity index (χ4v) is 9.99. The Bertz CT molecular complexity index is 1910. The monoisotopic (exact) mass is 744 g/mol. The topological polar surface area (TPSA) is 146 Å². The maximum Gasteiger partial charge on any atom is 0.293 e. The summed E-state index contributed by atoms with van der Waals surface area (Å²) in [5.41, 5.74) is 4.03. The lowest BCUT2D eigenvalue weighted by Crippen LogP contribution is -2.58. The van der Waals surface area contributed by atoms with Gasteiger partial charge in [-0.2, -0.15) is 0 Å². The Labute approximate surface area is 312 Å². The number of hydrogen-bond donors (Lipinski definition) is 3. The van der Waals surface area contributed by atoms with Crippen molar-refractivity contribution in [1.29, 1.82) is 0 Å². The van der Waals surface area contributed by atoms with Crippen molar-refractivity contribution in [3.8, 4) is 0 Å². The van der Waals surface area contributed by atoms with Crippen LogP contribution in [-0.4, -0.2) is 76.1 Å². The number of carbonyl (C=O) groups is 1. The van der Waals surface area contributed by atoms with Gasteiger partial charge in [-0.25, -0.2) is 13.1 Å². The van der Waals surface area contributed by atoms with Gasteiger partial charge in [0, 0.05) is 81.5 Å². The molecule has 2 heterocycles. The lowest BCUT2D eigenvalue weighted by molar-refractivity contribution is -0.384. The number of nitro groups is 1. The van der Waals surface area contributed by atoms with Gasteiger partial charge >= 0.3 is 0 Å². The van der Waals surface area contributed by atoms with Crippen molar-refractivity contribution in [1.82, 2.24) is 9.62 Å². The van der Waals surface area contributed by atoms with E-state index in [4.69, 9.17) is 4.74 Å². The quantitative estimate of drug-likeness (QED) is 0.142. The number of benzene rings is 3. The van der Waals surface area contributed by atoms with Crippen LogP contribution < -0.4 is 20.3 Å². The Balaban J connectivity index is 0.916. The molecular weight excluding hydrogens is 693 g/mol. The molecule has 3 aliphatic carbocycles. The normalized spacial score (nSPS) is 24.5. The molecular formula is C40H52N6O6S. The zero-order chi connectivity index (χ0) is 37.3. The second-order valence-corrected chi connectivity index (χ2v) is 17.7. The summed E-state index contributed by atoms with van der Waals surface area (Å²) in [7, 11) is -4.37. The molecule has 2 saturated heterocycles. The minimum absolute atomic E-state index is 0.178. The number of sulfonamides is 1. The number of amides is 1. The predicted molar refractivity (Wildman–Crippen MR) is 207 cm³/mol. The molecule has 1 amide bonds. The van der Waals surface area contributed by atoms with E-state index in [1.165, 1.54) is 36.2 Å². The van der Waals surface area contributed by atoms with Gasteiger partial charge in [0.25, 0.3) is 21.6 Å². The molecule has 3 N–H and O–H groups in total. The number of fused-ring (bicyclic) bond motifs is 2. The first-order chi connectivity index (χ1) is 25.4. The number of anilines is 3. The molecule has 2 aliphatic heterocycles. The average molecular weight is 745 g/mol. The summed E-state index contributed by atoms with van der Waals surface area (Å²) < 4.78 is 33.7. The highest BCUT2D eigenvalue weighted by Crippen LogP contribution is 2.61. The number of carbonyl (C=O) groups excluding carboxylic acids is 1. The molecule has 3 saturated carbocycles. The molecule has 53 heavy (non-hydrogen) atoms. The van der Waals surface area contributed by atoms with Gasteiger partial charge in [0.2, 0.25) is 0 Å². The molecule has 0 unspecified atom stereocenters. The first kappa shape index (κ1) is 37.1. The highest BCUT2D eigenvalue weighted by molar-refractivity contribution is 7.90. The molecule has 0 radical (unpaired) electrons. The van der Waals surface area contributed by atoms with E-state index in [9.17, 15) is 23.3 Å². The van der Waals surface area contributed by atoms with Gasteiger partial charge < -0.3 is 20.3 Å². The number of para-hydroxylation sites is 1. The molecule has 2 bridgehead atoms. The number of piperazine rings is 1. The second-order valence-electron chi connectivity index (χ2n) is 16.0. The molecule has 0 aromatic heterocycles. The maximum atomic E-state index is 13.2. The Morgan fingerprint density at radius 2 is 1.68 bits per heavy atom. The Kier molecular flexibility index (Phi) is 10.7. The molecule has 3 aromatic rings. The van der Waals surface area contributed by atoms with Crippen LogP contribution in [0, 0.1) is 39.2 Å². The molecule has 3 aromatic carbocycles. The molecule has 284 valence electrons. The number of ether oxygens (including phenoxy) is 1. The maximum absolute atomic E-state index is 13.2. The predicted octanol–water partition coefficient (Wildman–Crippen LogP) is 6.36. The van der Waals surface area contributed by atoms with Crippen LogP contribution >= 0.6 is 0 Å². The Morgan fingerprint density at radius 1 is 0.962 bits per heavy atom. The van der Waals surface area contributed by atoms with E-state index in [1.54, 1.807) is 12.1 Å². The lowest BCUT2D eigenvalue weighted by Gasteiger charge is -2.62. The summed E-state index contributed by atoms with van der Waals surface area (Å²) >= 11 is 0. The number of nitro benzene ring substituents is 1. The van der Waals surface area contributed by atoms with Crippen LogP contribution in [-0.2, 0) is 21.3 Å². The first-order valence-corrected chi connectivity index (χ1v) is 20.5. The molecule has 4 atom stereocenters. The Hall–Kier alpha value is -4.20. The SMILES string of the molecule is C[C@H]1[C@H]2C[C@H](C[C@H]1Nc1ccccc1CN1CCN(c3ccc(C(=O)NS(=O)(=O)c4ccc(NCC5CCOCC5)c([N+](=O)[O-])c4)cc3)CC1)C2(C)C. The van der Waals surface area contributed by atoms with Gasteiger partial charge in [-0.15, -0.1) is 0 Å². The zero-order valence-corrected chi connectivity index (χ0v) is 31.7. The second kappa shape index (κ2) is 15.3. The fourth-order valence-electron chi connectivity index (χ4n) is 8.99. The van der Waals surface area contributed by atoms with Crippen LogP contribution in [0.2, 0.25) is 0 Å². The van der Waals surface area contributed by atoms with E-state index in [0.717, 1.165) is 69.2 Å². The van der Waals surface area contributed by atoms with Crippen molar-refractivity contribution >= 4 is 38.7 Å². The van der Waals surface area contributed by atoms with Crippen LogP contribution in [0.5, 0.6) is 0 Å². The van der Waals surface area contributed by atoms with Crippen LogP contribution in [0.25, 0.3) is 0 Å². The summed E-state index contributed by atoms with van der Waals surface area (Å²) in [6.45, 7) is 13.4. The summed E-state index contributed by atoms with van der Waals surface area (Å²) in [5, 5.41) is 18.9. The van der Waals surface area contributed by atoms with E-state index in [2.05, 4.69) is 70.2 Å².